The highest BCUT2D eigenvalue weighted by Gasteiger charge is 2.15. The molecular weight excluding hydrogens is 356 g/mol. The lowest BCUT2D eigenvalue weighted by Crippen LogP contribution is -2.11. The van der Waals surface area contributed by atoms with E-state index < -0.39 is 10.0 Å². The maximum Gasteiger partial charge on any atom is 0.271 e. The van der Waals surface area contributed by atoms with Gasteiger partial charge in [0, 0.05) is 25.5 Å². The molecule has 0 unspecified atom stereocenters. The van der Waals surface area contributed by atoms with Gasteiger partial charge in [0.05, 0.1) is 11.9 Å². The van der Waals surface area contributed by atoms with E-state index in [1.165, 1.54) is 17.5 Å². The number of nitrogens with one attached hydrogen (secondary N) is 2. The molecule has 0 spiro atoms. The van der Waals surface area contributed by atoms with E-state index in [-0.39, 0.29) is 4.21 Å². The van der Waals surface area contributed by atoms with Crippen molar-refractivity contribution in [2.24, 2.45) is 0 Å². The zero-order valence-electron chi connectivity index (χ0n) is 13.8. The minimum Gasteiger partial charge on any atom is -0.378 e. The molecule has 2 heterocycles. The SMILES string of the molecule is CN(C)c1ccc(Nc2ccc(NS(=O)(=O)c3cccs3)cn2)cc1. The summed E-state index contributed by atoms with van der Waals surface area (Å²) in [4.78, 5) is 6.28. The normalized spacial score (nSPS) is 11.1. The first-order valence-corrected chi connectivity index (χ1v) is 9.87. The minimum atomic E-state index is -3.55. The van der Waals surface area contributed by atoms with Gasteiger partial charge in [-0.15, -0.1) is 11.3 Å². The van der Waals surface area contributed by atoms with E-state index in [9.17, 15) is 8.42 Å². The number of hydrogen-bond donors (Lipinski definition) is 2. The van der Waals surface area contributed by atoms with Crippen LogP contribution in [0.1, 0.15) is 0 Å². The Morgan fingerprint density at radius 3 is 2.28 bits per heavy atom. The van der Waals surface area contributed by atoms with Gasteiger partial charge in [0.2, 0.25) is 0 Å². The molecule has 8 heteroatoms. The van der Waals surface area contributed by atoms with Crippen molar-refractivity contribution >= 4 is 44.2 Å². The zero-order valence-corrected chi connectivity index (χ0v) is 15.4. The number of hydrogen-bond acceptors (Lipinski definition) is 6. The summed E-state index contributed by atoms with van der Waals surface area (Å²) in [7, 11) is 0.421. The van der Waals surface area contributed by atoms with Crippen LogP contribution in [0.2, 0.25) is 0 Å². The third kappa shape index (κ3) is 4.28. The lowest BCUT2D eigenvalue weighted by Gasteiger charge is -2.13. The average molecular weight is 374 g/mol. The van der Waals surface area contributed by atoms with E-state index in [4.69, 9.17) is 0 Å². The molecule has 0 fully saturated rings. The standard InChI is InChI=1S/C17H18N4O2S2/c1-21(2)15-8-5-13(6-9-15)19-16-10-7-14(12-18-16)20-25(22,23)17-4-3-11-24-17/h3-12,20H,1-2H3,(H,18,19). The van der Waals surface area contributed by atoms with Gasteiger partial charge in [-0.3, -0.25) is 4.72 Å². The molecule has 2 aromatic heterocycles. The largest absolute Gasteiger partial charge is 0.378 e. The number of aromatic nitrogens is 1. The van der Waals surface area contributed by atoms with E-state index in [0.717, 1.165) is 11.4 Å². The molecule has 2 N–H and O–H groups in total. The van der Waals surface area contributed by atoms with Crippen molar-refractivity contribution < 1.29 is 8.42 Å². The third-order valence-electron chi connectivity index (χ3n) is 3.43. The van der Waals surface area contributed by atoms with Crippen LogP contribution in [-0.4, -0.2) is 27.5 Å². The predicted molar refractivity (Wildman–Crippen MR) is 103 cm³/mol. The summed E-state index contributed by atoms with van der Waals surface area (Å²) < 4.78 is 27.1. The summed E-state index contributed by atoms with van der Waals surface area (Å²) in [5.74, 6) is 0.636. The van der Waals surface area contributed by atoms with Gasteiger partial charge in [0.25, 0.3) is 10.0 Å². The Hall–Kier alpha value is -2.58. The van der Waals surface area contributed by atoms with Gasteiger partial charge in [0.1, 0.15) is 10.0 Å². The molecule has 1 aromatic carbocycles. The Morgan fingerprint density at radius 1 is 1.00 bits per heavy atom. The highest BCUT2D eigenvalue weighted by atomic mass is 32.2. The Balaban J connectivity index is 1.68. The maximum atomic E-state index is 12.2. The minimum absolute atomic E-state index is 0.274. The molecule has 130 valence electrons. The molecule has 0 amide bonds. The topological polar surface area (TPSA) is 74.3 Å². The fourth-order valence-corrected chi connectivity index (χ4v) is 4.18. The second-order valence-corrected chi connectivity index (χ2v) is 8.39. The van der Waals surface area contributed by atoms with Crippen LogP contribution < -0.4 is 14.9 Å². The number of nitrogens with zero attached hydrogens (tertiary/aromatic N) is 2. The number of sulfonamides is 1. The Labute approximate surface area is 151 Å². The molecule has 6 nitrogen and oxygen atoms in total. The summed E-state index contributed by atoms with van der Waals surface area (Å²) in [5, 5.41) is 4.91. The van der Waals surface area contributed by atoms with Gasteiger partial charge in [-0.25, -0.2) is 13.4 Å². The number of anilines is 4. The van der Waals surface area contributed by atoms with Gasteiger partial charge in [0.15, 0.2) is 0 Å². The first kappa shape index (κ1) is 17.2. The first-order valence-electron chi connectivity index (χ1n) is 7.51. The summed E-state index contributed by atoms with van der Waals surface area (Å²) in [6.45, 7) is 0. The average Bonchev–Trinajstić information content (AvgIpc) is 3.12. The van der Waals surface area contributed by atoms with Crippen LogP contribution in [0.25, 0.3) is 0 Å². The number of rotatable bonds is 6. The molecule has 0 aliphatic heterocycles. The molecule has 0 aliphatic carbocycles. The molecule has 0 atom stereocenters. The molecule has 0 aliphatic rings. The molecule has 3 aromatic rings. The van der Waals surface area contributed by atoms with Crippen molar-refractivity contribution in [3.05, 3.63) is 60.1 Å². The fourth-order valence-electron chi connectivity index (χ4n) is 2.14. The van der Waals surface area contributed by atoms with Crippen LogP contribution in [0.3, 0.4) is 0 Å². The van der Waals surface area contributed by atoms with E-state index in [1.807, 2.05) is 43.3 Å². The van der Waals surface area contributed by atoms with Crippen LogP contribution in [-0.2, 0) is 10.0 Å². The van der Waals surface area contributed by atoms with Crippen molar-refractivity contribution in [3.63, 3.8) is 0 Å². The van der Waals surface area contributed by atoms with E-state index in [0.29, 0.717) is 11.5 Å². The molecule has 3 rings (SSSR count). The van der Waals surface area contributed by atoms with Crippen molar-refractivity contribution in [2.45, 2.75) is 4.21 Å². The molecule has 0 saturated carbocycles. The van der Waals surface area contributed by atoms with E-state index in [1.54, 1.807) is 29.6 Å². The predicted octanol–water partition coefficient (Wildman–Crippen LogP) is 3.75. The number of benzene rings is 1. The molecule has 0 bridgehead atoms. The zero-order chi connectivity index (χ0) is 17.9. The van der Waals surface area contributed by atoms with Gasteiger partial charge >= 0.3 is 0 Å². The molecule has 0 radical (unpaired) electrons. The number of pyridine rings is 1. The summed E-state index contributed by atoms with van der Waals surface area (Å²) in [5.41, 5.74) is 2.43. The van der Waals surface area contributed by atoms with Gasteiger partial charge in [-0.1, -0.05) is 6.07 Å². The van der Waals surface area contributed by atoms with Crippen LogP contribution in [0, 0.1) is 0 Å². The van der Waals surface area contributed by atoms with Gasteiger partial charge in [-0.2, -0.15) is 0 Å². The van der Waals surface area contributed by atoms with E-state index >= 15 is 0 Å². The molecule has 0 saturated heterocycles. The first-order chi connectivity index (χ1) is 11.9. The molecular formula is C17H18N4O2S2. The van der Waals surface area contributed by atoms with Crippen LogP contribution in [0.4, 0.5) is 22.9 Å². The Kier molecular flexibility index (Phi) is 4.91. The quantitative estimate of drug-likeness (QED) is 0.687. The lowest BCUT2D eigenvalue weighted by atomic mass is 10.2. The van der Waals surface area contributed by atoms with Crippen LogP contribution >= 0.6 is 11.3 Å². The van der Waals surface area contributed by atoms with Gasteiger partial charge in [-0.05, 0) is 47.8 Å². The summed E-state index contributed by atoms with van der Waals surface area (Å²) in [6.07, 6.45) is 1.49. The number of thiophene rings is 1. The smallest absolute Gasteiger partial charge is 0.271 e. The van der Waals surface area contributed by atoms with Crippen LogP contribution in [0.15, 0.2) is 64.3 Å². The maximum absolute atomic E-state index is 12.2. The third-order valence-corrected chi connectivity index (χ3v) is 6.21. The Bertz CT molecular complexity index is 920. The highest BCUT2D eigenvalue weighted by Crippen LogP contribution is 2.22. The Morgan fingerprint density at radius 2 is 1.72 bits per heavy atom. The van der Waals surface area contributed by atoms with Crippen molar-refractivity contribution in [3.8, 4) is 0 Å². The summed E-state index contributed by atoms with van der Waals surface area (Å²) in [6, 6.07) is 14.6. The highest BCUT2D eigenvalue weighted by molar-refractivity contribution is 7.94. The second kappa shape index (κ2) is 7.12. The monoisotopic (exact) mass is 374 g/mol. The van der Waals surface area contributed by atoms with Gasteiger partial charge < -0.3 is 10.2 Å². The van der Waals surface area contributed by atoms with Crippen molar-refractivity contribution in [2.75, 3.05) is 29.0 Å². The van der Waals surface area contributed by atoms with Crippen LogP contribution in [0.5, 0.6) is 0 Å². The van der Waals surface area contributed by atoms with E-state index in [2.05, 4.69) is 15.0 Å². The fraction of sp³-hybridized carbons (Fsp3) is 0.118. The summed E-state index contributed by atoms with van der Waals surface area (Å²) >= 11 is 1.17. The van der Waals surface area contributed by atoms with Crippen molar-refractivity contribution in [1.29, 1.82) is 0 Å². The van der Waals surface area contributed by atoms with Crippen molar-refractivity contribution in [1.82, 2.24) is 4.98 Å². The molecule has 25 heavy (non-hydrogen) atoms. The lowest BCUT2D eigenvalue weighted by molar-refractivity contribution is 0.603. The second-order valence-electron chi connectivity index (χ2n) is 5.54.